The second-order valence-corrected chi connectivity index (χ2v) is 18.9. The normalized spacial score (nSPS) is 17.0. The van der Waals surface area contributed by atoms with Crippen molar-refractivity contribution in [3.8, 4) is 5.75 Å². The average molecular weight is 531 g/mol. The van der Waals surface area contributed by atoms with Crippen LogP contribution in [0.2, 0.25) is 0 Å². The first-order valence-electron chi connectivity index (χ1n) is 12.0. The molecule has 34 heavy (non-hydrogen) atoms. The molecule has 1 heterocycles. The third kappa shape index (κ3) is 3.46. The fourth-order valence-corrected chi connectivity index (χ4v) is 13.6. The summed E-state index contributed by atoms with van der Waals surface area (Å²) in [4.78, 5) is 0. The van der Waals surface area contributed by atoms with E-state index in [1.165, 1.54) is 27.0 Å². The van der Waals surface area contributed by atoms with Crippen molar-refractivity contribution in [1.82, 2.24) is 0 Å². The minimum atomic E-state index is -3.11. The molecule has 1 nitrogen and oxygen atoms in total. The molecule has 0 spiro atoms. The molecular formula is C31H32BrOP. The Bertz CT molecular complexity index is 1190. The molecule has 0 fully saturated rings. The van der Waals surface area contributed by atoms with Crippen molar-refractivity contribution in [2.45, 2.75) is 38.3 Å². The molecule has 0 N–H and O–H groups in total. The second-order valence-electron chi connectivity index (χ2n) is 9.99. The van der Waals surface area contributed by atoms with Gasteiger partial charge in [-0.2, -0.15) is 0 Å². The molecular weight excluding hydrogens is 499 g/mol. The molecule has 3 heteroatoms. The predicted octanol–water partition coefficient (Wildman–Crippen LogP) is 7.65. The third-order valence-electron chi connectivity index (χ3n) is 7.71. The summed E-state index contributed by atoms with van der Waals surface area (Å²) >= 11 is 4.64. The standard InChI is InChI=1S/C31H32BrOP/c1-24(25-19-20-30-29(23-25)31(2,3)21-22-33-30)34(32,26-13-7-4-8-14-26,27-15-9-5-10-16-27)28-17-11-6-12-18-28/h4-20,23-24H,21-22H2,1-3H3. The molecule has 4 aromatic rings. The summed E-state index contributed by atoms with van der Waals surface area (Å²) in [5.41, 5.74) is 2.94. The SMILES string of the molecule is CC(c1ccc2c(c1)C(C)(C)CCO2)P(Br)(c1ccccc1)(c1ccccc1)c1ccccc1. The molecule has 1 aliphatic rings. The van der Waals surface area contributed by atoms with Crippen LogP contribution in [0.25, 0.3) is 0 Å². The summed E-state index contributed by atoms with van der Waals surface area (Å²) in [6.07, 6.45) is 1.03. The molecule has 174 valence electrons. The number of ether oxygens (including phenoxy) is 1. The number of halogens is 1. The molecule has 0 saturated carbocycles. The van der Waals surface area contributed by atoms with Gasteiger partial charge in [0, 0.05) is 0 Å². The van der Waals surface area contributed by atoms with Crippen molar-refractivity contribution in [3.05, 3.63) is 120 Å². The third-order valence-corrected chi connectivity index (χ3v) is 18.9. The van der Waals surface area contributed by atoms with E-state index in [-0.39, 0.29) is 11.1 Å². The van der Waals surface area contributed by atoms with Gasteiger partial charge in [-0.15, -0.1) is 0 Å². The first kappa shape index (κ1) is 23.3. The first-order valence-corrected chi connectivity index (χ1v) is 16.4. The van der Waals surface area contributed by atoms with Crippen LogP contribution in [-0.2, 0) is 5.41 Å². The predicted molar refractivity (Wildman–Crippen MR) is 152 cm³/mol. The van der Waals surface area contributed by atoms with E-state index in [1.54, 1.807) is 0 Å². The summed E-state index contributed by atoms with van der Waals surface area (Å²) in [7, 11) is 0. The zero-order chi connectivity index (χ0) is 23.8. The van der Waals surface area contributed by atoms with Crippen LogP contribution in [0.15, 0.2) is 109 Å². The molecule has 0 saturated heterocycles. The average Bonchev–Trinajstić information content (AvgIpc) is 2.89. The van der Waals surface area contributed by atoms with Crippen LogP contribution in [0.4, 0.5) is 0 Å². The Morgan fingerprint density at radius 2 is 1.21 bits per heavy atom. The van der Waals surface area contributed by atoms with Gasteiger partial charge in [-0.05, 0) is 0 Å². The van der Waals surface area contributed by atoms with Crippen LogP contribution < -0.4 is 20.7 Å². The topological polar surface area (TPSA) is 9.23 Å². The zero-order valence-corrected chi connectivity index (χ0v) is 22.6. The van der Waals surface area contributed by atoms with Crippen LogP contribution in [0, 0.1) is 0 Å². The van der Waals surface area contributed by atoms with Crippen molar-refractivity contribution < 1.29 is 4.74 Å². The van der Waals surface area contributed by atoms with Gasteiger partial charge in [0.2, 0.25) is 0 Å². The molecule has 0 radical (unpaired) electrons. The summed E-state index contributed by atoms with van der Waals surface area (Å²) in [5, 5.41) is 0.904. The maximum atomic E-state index is 6.06. The second kappa shape index (κ2) is 8.67. The van der Waals surface area contributed by atoms with E-state index in [0.29, 0.717) is 0 Å². The van der Waals surface area contributed by atoms with Gasteiger partial charge in [0.25, 0.3) is 0 Å². The Kier molecular flexibility index (Phi) is 5.95. The van der Waals surface area contributed by atoms with Gasteiger partial charge in [0.05, 0.1) is 0 Å². The minimum absolute atomic E-state index is 0.0955. The van der Waals surface area contributed by atoms with Gasteiger partial charge in [-0.1, -0.05) is 0 Å². The van der Waals surface area contributed by atoms with Gasteiger partial charge in [-0.25, -0.2) is 0 Å². The Morgan fingerprint density at radius 1 is 0.735 bits per heavy atom. The van der Waals surface area contributed by atoms with Gasteiger partial charge in [-0.3, -0.25) is 0 Å². The Hall–Kier alpha value is -2.41. The van der Waals surface area contributed by atoms with Crippen molar-refractivity contribution in [1.29, 1.82) is 0 Å². The van der Waals surface area contributed by atoms with Crippen LogP contribution in [0.3, 0.4) is 0 Å². The van der Waals surface area contributed by atoms with E-state index in [9.17, 15) is 0 Å². The van der Waals surface area contributed by atoms with Crippen LogP contribution >= 0.6 is 20.8 Å². The van der Waals surface area contributed by atoms with Crippen LogP contribution in [0.5, 0.6) is 5.75 Å². The van der Waals surface area contributed by atoms with Crippen molar-refractivity contribution >= 4 is 36.7 Å². The van der Waals surface area contributed by atoms with E-state index in [1.807, 2.05) is 0 Å². The summed E-state index contributed by atoms with van der Waals surface area (Å²) in [5.74, 6) is 1.03. The number of hydrogen-bond donors (Lipinski definition) is 0. The van der Waals surface area contributed by atoms with Crippen molar-refractivity contribution in [3.63, 3.8) is 0 Å². The number of rotatable bonds is 5. The van der Waals surface area contributed by atoms with Crippen LogP contribution in [0.1, 0.15) is 44.0 Å². The molecule has 0 bridgehead atoms. The van der Waals surface area contributed by atoms with E-state index in [4.69, 9.17) is 4.74 Å². The fraction of sp³-hybridized carbons (Fsp3) is 0.226. The molecule has 5 rings (SSSR count). The summed E-state index contributed by atoms with van der Waals surface area (Å²) in [6, 6.07) is 40.0. The zero-order valence-electron chi connectivity index (χ0n) is 20.1. The Labute approximate surface area is 211 Å². The number of fused-ring (bicyclic) bond motifs is 1. The van der Waals surface area contributed by atoms with E-state index in [2.05, 4.69) is 145 Å². The van der Waals surface area contributed by atoms with Gasteiger partial charge >= 0.3 is 212 Å². The molecule has 1 atom stereocenters. The first-order chi connectivity index (χ1) is 16.4. The van der Waals surface area contributed by atoms with E-state index < -0.39 is 5.31 Å². The van der Waals surface area contributed by atoms with E-state index >= 15 is 0 Å². The molecule has 0 amide bonds. The van der Waals surface area contributed by atoms with E-state index in [0.717, 1.165) is 18.8 Å². The van der Waals surface area contributed by atoms with Crippen molar-refractivity contribution in [2.75, 3.05) is 6.61 Å². The fourth-order valence-electron chi connectivity index (χ4n) is 5.57. The molecule has 1 unspecified atom stereocenters. The molecule has 4 aromatic carbocycles. The van der Waals surface area contributed by atoms with Crippen LogP contribution in [-0.4, -0.2) is 6.61 Å². The monoisotopic (exact) mass is 530 g/mol. The van der Waals surface area contributed by atoms with Gasteiger partial charge in [0.15, 0.2) is 0 Å². The van der Waals surface area contributed by atoms with Crippen molar-refractivity contribution in [2.24, 2.45) is 0 Å². The summed E-state index contributed by atoms with van der Waals surface area (Å²) in [6.45, 7) is 7.85. The molecule has 0 aromatic heterocycles. The maximum absolute atomic E-state index is 6.06. The molecule has 1 aliphatic heterocycles. The van der Waals surface area contributed by atoms with Gasteiger partial charge in [0.1, 0.15) is 0 Å². The Balaban J connectivity index is 1.85. The number of benzene rings is 4. The summed E-state index contributed by atoms with van der Waals surface area (Å²) < 4.78 is 6.06. The Morgan fingerprint density at radius 3 is 1.68 bits per heavy atom. The quantitative estimate of drug-likeness (QED) is 0.241. The van der Waals surface area contributed by atoms with Gasteiger partial charge < -0.3 is 0 Å². The molecule has 0 aliphatic carbocycles. The number of hydrogen-bond acceptors (Lipinski definition) is 1.